The summed E-state index contributed by atoms with van der Waals surface area (Å²) in [5.74, 6) is 0.247. The van der Waals surface area contributed by atoms with Gasteiger partial charge in [-0.05, 0) is 59.0 Å². The van der Waals surface area contributed by atoms with Crippen molar-refractivity contribution >= 4 is 17.5 Å². The summed E-state index contributed by atoms with van der Waals surface area (Å²) in [5.41, 5.74) is 1.93. The number of H-pyrrole nitrogens is 1. The first-order chi connectivity index (χ1) is 16.4. The number of ether oxygens (including phenoxy) is 1. The van der Waals surface area contributed by atoms with Crippen molar-refractivity contribution in [1.82, 2.24) is 25.1 Å². The van der Waals surface area contributed by atoms with E-state index < -0.39 is 11.6 Å². The number of hydrogen-bond donors (Lipinski definition) is 2. The Balaban J connectivity index is 1.41. The molecule has 1 saturated heterocycles. The van der Waals surface area contributed by atoms with Gasteiger partial charge in [-0.25, -0.2) is 18.7 Å². The van der Waals surface area contributed by atoms with Gasteiger partial charge in [-0.15, -0.1) is 0 Å². The van der Waals surface area contributed by atoms with Crippen molar-refractivity contribution in [2.75, 3.05) is 43.5 Å². The number of fused-ring (bicyclic) bond motifs is 1. The minimum absolute atomic E-state index is 0.0172. The number of aromatic nitrogens is 4. The van der Waals surface area contributed by atoms with Gasteiger partial charge in [0.25, 0.3) is 0 Å². The van der Waals surface area contributed by atoms with Gasteiger partial charge in [-0.1, -0.05) is 0 Å². The van der Waals surface area contributed by atoms with Crippen molar-refractivity contribution in [3.05, 3.63) is 41.7 Å². The van der Waals surface area contributed by atoms with Gasteiger partial charge in [-0.3, -0.25) is 5.10 Å². The lowest BCUT2D eigenvalue weighted by molar-refractivity contribution is 0.253. The summed E-state index contributed by atoms with van der Waals surface area (Å²) in [6.45, 7) is 7.17. The van der Waals surface area contributed by atoms with E-state index in [0.717, 1.165) is 37.8 Å². The minimum atomic E-state index is -0.630. The molecule has 2 aliphatic heterocycles. The molecule has 2 N–H and O–H groups in total. The Morgan fingerprint density at radius 1 is 1.12 bits per heavy atom. The van der Waals surface area contributed by atoms with E-state index in [1.165, 1.54) is 6.07 Å². The van der Waals surface area contributed by atoms with E-state index in [1.54, 1.807) is 6.07 Å². The lowest BCUT2D eigenvalue weighted by Gasteiger charge is -2.34. The van der Waals surface area contributed by atoms with Crippen LogP contribution in [0.2, 0.25) is 0 Å². The molecule has 0 unspecified atom stereocenters. The van der Waals surface area contributed by atoms with Crippen LogP contribution in [0.25, 0.3) is 11.3 Å². The summed E-state index contributed by atoms with van der Waals surface area (Å²) in [5, 5.41) is 10.5. The second kappa shape index (κ2) is 9.17. The zero-order valence-electron chi connectivity index (χ0n) is 19.6. The van der Waals surface area contributed by atoms with Crippen molar-refractivity contribution in [2.24, 2.45) is 0 Å². The van der Waals surface area contributed by atoms with E-state index >= 15 is 0 Å². The molecule has 0 spiro atoms. The van der Waals surface area contributed by atoms with Crippen LogP contribution in [0.1, 0.15) is 38.3 Å². The Labute approximate surface area is 197 Å². The highest BCUT2D eigenvalue weighted by molar-refractivity contribution is 5.73. The highest BCUT2D eigenvalue weighted by atomic mass is 19.1. The Hall–Kier alpha value is -3.27. The number of likely N-dealkylation sites (tertiary alicyclic amines) is 1. The predicted molar refractivity (Wildman–Crippen MR) is 127 cm³/mol. The smallest absolute Gasteiger partial charge is 0.229 e. The Morgan fingerprint density at radius 2 is 1.91 bits per heavy atom. The maximum Gasteiger partial charge on any atom is 0.229 e. The molecule has 5 rings (SSSR count). The van der Waals surface area contributed by atoms with Crippen molar-refractivity contribution in [1.29, 1.82) is 0 Å². The zero-order valence-corrected chi connectivity index (χ0v) is 19.6. The second-order valence-electron chi connectivity index (χ2n) is 9.24. The van der Waals surface area contributed by atoms with E-state index in [1.807, 2.05) is 24.8 Å². The lowest BCUT2D eigenvalue weighted by Crippen LogP contribution is -2.38. The Bertz CT molecular complexity index is 1170. The summed E-state index contributed by atoms with van der Waals surface area (Å²) in [6, 6.07) is 5.07. The standard InChI is InChI=1S/C24H29F2N7O/c1-14(2)33-8-9-34-23-17(25)10-16(11-20(23)33)22-18(26)13-27-24(29-22)28-21-12-19(30-31-21)15-4-6-32(3)7-5-15/h10-15H,4-9H2,1-3H3,(H2,27,28,29,30,31). The number of halogens is 2. The summed E-state index contributed by atoms with van der Waals surface area (Å²) < 4.78 is 35.2. The largest absolute Gasteiger partial charge is 0.486 e. The van der Waals surface area contributed by atoms with Crippen molar-refractivity contribution in [3.63, 3.8) is 0 Å². The first-order valence-electron chi connectivity index (χ1n) is 11.7. The van der Waals surface area contributed by atoms with Gasteiger partial charge in [0, 0.05) is 23.6 Å². The molecule has 0 radical (unpaired) electrons. The SMILES string of the molecule is CC(C)N1CCOc2c(F)cc(-c3nc(Nc4cc(C5CCN(C)CC5)n[nH]4)ncc3F)cc21. The number of hydrogen-bond acceptors (Lipinski definition) is 7. The number of nitrogens with one attached hydrogen (secondary N) is 2. The van der Waals surface area contributed by atoms with E-state index in [-0.39, 0.29) is 23.4 Å². The average Bonchev–Trinajstić information content (AvgIpc) is 3.28. The lowest BCUT2D eigenvalue weighted by atomic mass is 9.94. The number of aromatic amines is 1. The molecule has 4 heterocycles. The highest BCUT2D eigenvalue weighted by Crippen LogP contribution is 2.39. The van der Waals surface area contributed by atoms with Gasteiger partial charge in [0.05, 0.1) is 24.1 Å². The molecule has 1 aromatic carbocycles. The molecule has 2 aliphatic rings. The quantitative estimate of drug-likeness (QED) is 0.576. The molecule has 0 atom stereocenters. The number of nitrogens with zero attached hydrogens (tertiary/aromatic N) is 5. The third kappa shape index (κ3) is 4.42. The Morgan fingerprint density at radius 3 is 2.68 bits per heavy atom. The van der Waals surface area contributed by atoms with Crippen LogP contribution < -0.4 is 15.0 Å². The molecule has 1 fully saturated rings. The Kier molecular flexibility index (Phi) is 6.07. The molecular formula is C24H29F2N7O. The van der Waals surface area contributed by atoms with Crippen LogP contribution in [0.3, 0.4) is 0 Å². The van der Waals surface area contributed by atoms with Crippen LogP contribution in [0, 0.1) is 11.6 Å². The summed E-state index contributed by atoms with van der Waals surface area (Å²) in [4.78, 5) is 12.8. The van der Waals surface area contributed by atoms with Crippen molar-refractivity contribution in [3.8, 4) is 17.0 Å². The normalized spacial score (nSPS) is 17.1. The molecule has 0 amide bonds. The maximum atomic E-state index is 14.9. The van der Waals surface area contributed by atoms with Gasteiger partial charge >= 0.3 is 0 Å². The average molecular weight is 470 g/mol. The molecule has 0 aliphatic carbocycles. The van der Waals surface area contributed by atoms with E-state index in [0.29, 0.717) is 36.1 Å². The molecule has 10 heteroatoms. The van der Waals surface area contributed by atoms with Crippen molar-refractivity contribution in [2.45, 2.75) is 38.6 Å². The van der Waals surface area contributed by atoms with Gasteiger partial charge in [0.15, 0.2) is 17.4 Å². The van der Waals surface area contributed by atoms with Crippen LogP contribution >= 0.6 is 0 Å². The molecule has 2 aromatic heterocycles. The predicted octanol–water partition coefficient (Wildman–Crippen LogP) is 4.30. The number of anilines is 3. The highest BCUT2D eigenvalue weighted by Gasteiger charge is 2.26. The second-order valence-corrected chi connectivity index (χ2v) is 9.24. The van der Waals surface area contributed by atoms with E-state index in [4.69, 9.17) is 4.74 Å². The van der Waals surface area contributed by atoms with Crippen LogP contribution in [-0.2, 0) is 0 Å². The van der Waals surface area contributed by atoms with Crippen LogP contribution in [0.5, 0.6) is 5.75 Å². The molecular weight excluding hydrogens is 440 g/mol. The topological polar surface area (TPSA) is 82.2 Å². The fourth-order valence-electron chi connectivity index (χ4n) is 4.64. The maximum absolute atomic E-state index is 14.9. The van der Waals surface area contributed by atoms with Crippen LogP contribution in [0.15, 0.2) is 24.4 Å². The molecule has 3 aromatic rings. The van der Waals surface area contributed by atoms with Crippen LogP contribution in [0.4, 0.5) is 26.2 Å². The summed E-state index contributed by atoms with van der Waals surface area (Å²) in [6.07, 6.45) is 3.20. The van der Waals surface area contributed by atoms with Gasteiger partial charge in [0.2, 0.25) is 5.95 Å². The fourth-order valence-corrected chi connectivity index (χ4v) is 4.64. The molecule has 0 bridgehead atoms. The monoisotopic (exact) mass is 469 g/mol. The zero-order chi connectivity index (χ0) is 23.8. The van der Waals surface area contributed by atoms with Gasteiger partial charge < -0.3 is 19.9 Å². The number of benzene rings is 1. The number of piperidine rings is 1. The summed E-state index contributed by atoms with van der Waals surface area (Å²) >= 11 is 0. The van der Waals surface area contributed by atoms with Crippen molar-refractivity contribution < 1.29 is 13.5 Å². The van der Waals surface area contributed by atoms with E-state index in [9.17, 15) is 8.78 Å². The minimum Gasteiger partial charge on any atom is -0.486 e. The number of rotatable bonds is 5. The fraction of sp³-hybridized carbons (Fsp3) is 0.458. The molecule has 8 nitrogen and oxygen atoms in total. The van der Waals surface area contributed by atoms with Gasteiger partial charge in [-0.2, -0.15) is 5.10 Å². The van der Waals surface area contributed by atoms with Gasteiger partial charge in [0.1, 0.15) is 18.1 Å². The third-order valence-corrected chi connectivity index (χ3v) is 6.53. The van der Waals surface area contributed by atoms with E-state index in [2.05, 4.69) is 37.4 Å². The first-order valence-corrected chi connectivity index (χ1v) is 11.7. The third-order valence-electron chi connectivity index (χ3n) is 6.53. The van der Waals surface area contributed by atoms with Crippen LogP contribution in [-0.4, -0.2) is 64.4 Å². The first kappa shape index (κ1) is 22.5. The molecule has 34 heavy (non-hydrogen) atoms. The molecule has 0 saturated carbocycles. The summed E-state index contributed by atoms with van der Waals surface area (Å²) in [7, 11) is 2.12. The molecule has 180 valence electrons.